The maximum atomic E-state index is 12.7. The molecule has 3 rings (SSSR count). The Hall–Kier alpha value is -3.95. The lowest BCUT2D eigenvalue weighted by Gasteiger charge is -2.20. The largest absolute Gasteiger partial charge is 0.503 e. The fourth-order valence-electron chi connectivity index (χ4n) is 3.13. The van der Waals surface area contributed by atoms with Gasteiger partial charge in [-0.1, -0.05) is 37.3 Å². The lowest BCUT2D eigenvalue weighted by Crippen LogP contribution is -2.31. The van der Waals surface area contributed by atoms with E-state index in [4.69, 9.17) is 0 Å². The summed E-state index contributed by atoms with van der Waals surface area (Å²) in [5.41, 5.74) is 0.717. The van der Waals surface area contributed by atoms with Crippen LogP contribution in [0.4, 0.5) is 5.82 Å². The quantitative estimate of drug-likeness (QED) is 0.567. The first-order valence-electron chi connectivity index (χ1n) is 9.67. The molecule has 1 aromatic heterocycles. The topological polar surface area (TPSA) is 128 Å². The third kappa shape index (κ3) is 4.18. The molecule has 1 atom stereocenters. The van der Waals surface area contributed by atoms with E-state index >= 15 is 0 Å². The number of anilines is 1. The molecular weight excluding hydrogens is 400 g/mol. The molecule has 31 heavy (non-hydrogen) atoms. The van der Waals surface area contributed by atoms with Crippen LogP contribution in [0, 0.1) is 0 Å². The number of imide groups is 1. The zero-order chi connectivity index (χ0) is 22.7. The minimum atomic E-state index is -0.589. The summed E-state index contributed by atoms with van der Waals surface area (Å²) >= 11 is 0. The number of likely N-dealkylation sites (N-methyl/N-ethyl adjacent to an activating group) is 1. The minimum absolute atomic E-state index is 0.0571. The van der Waals surface area contributed by atoms with Gasteiger partial charge in [-0.25, -0.2) is 9.97 Å². The third-order valence-corrected chi connectivity index (χ3v) is 4.89. The van der Waals surface area contributed by atoms with Crippen molar-refractivity contribution in [3.8, 4) is 5.75 Å². The molecule has 0 saturated heterocycles. The van der Waals surface area contributed by atoms with Crippen molar-refractivity contribution in [2.45, 2.75) is 19.4 Å². The number of benzene rings is 1. The maximum absolute atomic E-state index is 12.7. The molecule has 1 aliphatic rings. The molecule has 0 spiro atoms. The molecule has 10 heteroatoms. The van der Waals surface area contributed by atoms with Crippen LogP contribution in [0.3, 0.4) is 0 Å². The Kier molecular flexibility index (Phi) is 6.19. The summed E-state index contributed by atoms with van der Waals surface area (Å²) in [5.74, 6) is -2.30. The SMILES string of the molecule is CC[C@@H](NC1=C(Nc2ncnc(C(=O)N(C)C)c2O)C(=O)N(C)C1=O)c1ccccc1. The molecule has 2 heterocycles. The molecule has 0 bridgehead atoms. The summed E-state index contributed by atoms with van der Waals surface area (Å²) in [6, 6.07) is 9.31. The van der Waals surface area contributed by atoms with Gasteiger partial charge < -0.3 is 20.6 Å². The molecule has 10 nitrogen and oxygen atoms in total. The average molecular weight is 424 g/mol. The van der Waals surface area contributed by atoms with Crippen molar-refractivity contribution >= 4 is 23.5 Å². The molecule has 2 aromatic rings. The highest BCUT2D eigenvalue weighted by atomic mass is 16.3. The zero-order valence-electron chi connectivity index (χ0n) is 17.7. The summed E-state index contributed by atoms with van der Waals surface area (Å²) < 4.78 is 0. The third-order valence-electron chi connectivity index (χ3n) is 4.89. The molecule has 0 unspecified atom stereocenters. The molecular formula is C21H24N6O4. The number of aromatic nitrogens is 2. The molecule has 3 amide bonds. The molecule has 3 N–H and O–H groups in total. The Morgan fingerprint density at radius 2 is 1.77 bits per heavy atom. The molecule has 0 saturated carbocycles. The van der Waals surface area contributed by atoms with E-state index in [1.54, 1.807) is 0 Å². The van der Waals surface area contributed by atoms with Crippen LogP contribution in [0.25, 0.3) is 0 Å². The van der Waals surface area contributed by atoms with E-state index in [0.717, 1.165) is 16.8 Å². The fourth-order valence-corrected chi connectivity index (χ4v) is 3.13. The van der Waals surface area contributed by atoms with E-state index in [2.05, 4.69) is 20.6 Å². The van der Waals surface area contributed by atoms with Gasteiger partial charge in [0.1, 0.15) is 17.7 Å². The van der Waals surface area contributed by atoms with Crippen molar-refractivity contribution in [3.63, 3.8) is 0 Å². The molecule has 0 fully saturated rings. The van der Waals surface area contributed by atoms with Crippen LogP contribution in [0.5, 0.6) is 5.75 Å². The highest BCUT2D eigenvalue weighted by Gasteiger charge is 2.38. The van der Waals surface area contributed by atoms with E-state index in [9.17, 15) is 19.5 Å². The summed E-state index contributed by atoms with van der Waals surface area (Å²) in [5, 5.41) is 16.4. The van der Waals surface area contributed by atoms with Gasteiger partial charge >= 0.3 is 0 Å². The van der Waals surface area contributed by atoms with Crippen LogP contribution < -0.4 is 10.6 Å². The Morgan fingerprint density at radius 1 is 1.13 bits per heavy atom. The second-order valence-corrected chi connectivity index (χ2v) is 7.18. The van der Waals surface area contributed by atoms with E-state index in [0.29, 0.717) is 6.42 Å². The van der Waals surface area contributed by atoms with Crippen LogP contribution >= 0.6 is 0 Å². The number of nitrogens with zero attached hydrogens (tertiary/aromatic N) is 4. The first kappa shape index (κ1) is 21.8. The first-order valence-corrected chi connectivity index (χ1v) is 9.67. The molecule has 162 valence electrons. The van der Waals surface area contributed by atoms with Gasteiger partial charge in [-0.2, -0.15) is 0 Å². The van der Waals surface area contributed by atoms with Crippen molar-refractivity contribution < 1.29 is 19.5 Å². The second kappa shape index (κ2) is 8.82. The number of hydrogen-bond donors (Lipinski definition) is 3. The predicted octanol–water partition coefficient (Wildman–Crippen LogP) is 1.25. The summed E-state index contributed by atoms with van der Waals surface area (Å²) in [4.78, 5) is 47.6. The lowest BCUT2D eigenvalue weighted by molar-refractivity contribution is -0.136. The zero-order valence-corrected chi connectivity index (χ0v) is 17.7. The van der Waals surface area contributed by atoms with Gasteiger partial charge in [0.05, 0.1) is 6.04 Å². The number of nitrogens with one attached hydrogen (secondary N) is 2. The Balaban J connectivity index is 1.99. The number of hydrogen-bond acceptors (Lipinski definition) is 8. The van der Waals surface area contributed by atoms with Crippen molar-refractivity contribution in [1.82, 2.24) is 25.1 Å². The Labute approximate surface area is 179 Å². The summed E-state index contributed by atoms with van der Waals surface area (Å²) in [7, 11) is 4.40. The van der Waals surface area contributed by atoms with Gasteiger partial charge in [-0.15, -0.1) is 0 Å². The number of aromatic hydroxyl groups is 1. The highest BCUT2D eigenvalue weighted by molar-refractivity contribution is 6.20. The number of amides is 3. The van der Waals surface area contributed by atoms with Crippen molar-refractivity contribution in [1.29, 1.82) is 0 Å². The first-order chi connectivity index (χ1) is 14.8. The van der Waals surface area contributed by atoms with E-state index < -0.39 is 23.5 Å². The van der Waals surface area contributed by atoms with Gasteiger partial charge in [0, 0.05) is 21.1 Å². The standard InChI is InChI=1S/C21H24N6O4/c1-5-13(12-9-7-6-8-10-12)24-14-15(21(31)27(4)20(14)30)25-18-17(28)16(22-11-23-18)19(29)26(2)3/h6-11,13,24,28H,5H2,1-4H3,(H,22,23,25)/t13-/m1/s1. The minimum Gasteiger partial charge on any atom is -0.503 e. The van der Waals surface area contributed by atoms with Crippen LogP contribution in [-0.4, -0.2) is 63.7 Å². The average Bonchev–Trinajstić information content (AvgIpc) is 2.96. The van der Waals surface area contributed by atoms with Crippen LogP contribution in [0.1, 0.15) is 35.4 Å². The normalized spacial score (nSPS) is 14.6. The number of rotatable bonds is 7. The molecule has 0 aliphatic carbocycles. The number of carbonyl (C=O) groups excluding carboxylic acids is 3. The van der Waals surface area contributed by atoms with Crippen molar-refractivity contribution in [2.24, 2.45) is 0 Å². The van der Waals surface area contributed by atoms with Gasteiger partial charge in [-0.3, -0.25) is 19.3 Å². The summed E-state index contributed by atoms with van der Waals surface area (Å²) in [6.07, 6.45) is 1.75. The van der Waals surface area contributed by atoms with Gasteiger partial charge in [-0.05, 0) is 12.0 Å². The van der Waals surface area contributed by atoms with Gasteiger partial charge in [0.25, 0.3) is 17.7 Å². The fraction of sp³-hybridized carbons (Fsp3) is 0.286. The lowest BCUT2D eigenvalue weighted by atomic mass is 10.0. The monoisotopic (exact) mass is 424 g/mol. The van der Waals surface area contributed by atoms with Gasteiger partial charge in [0.15, 0.2) is 17.3 Å². The summed E-state index contributed by atoms with van der Waals surface area (Å²) in [6.45, 7) is 1.96. The van der Waals surface area contributed by atoms with E-state index in [1.807, 2.05) is 37.3 Å². The van der Waals surface area contributed by atoms with Crippen LogP contribution in [-0.2, 0) is 9.59 Å². The van der Waals surface area contributed by atoms with Crippen LogP contribution in [0.2, 0.25) is 0 Å². The number of carbonyl (C=O) groups is 3. The highest BCUT2D eigenvalue weighted by Crippen LogP contribution is 2.29. The Bertz CT molecular complexity index is 1050. The maximum Gasteiger partial charge on any atom is 0.279 e. The van der Waals surface area contributed by atoms with E-state index in [-0.39, 0.29) is 28.9 Å². The second-order valence-electron chi connectivity index (χ2n) is 7.18. The van der Waals surface area contributed by atoms with Crippen molar-refractivity contribution in [2.75, 3.05) is 26.5 Å². The van der Waals surface area contributed by atoms with Gasteiger partial charge in [0.2, 0.25) is 0 Å². The molecule has 1 aliphatic heterocycles. The Morgan fingerprint density at radius 3 is 2.39 bits per heavy atom. The van der Waals surface area contributed by atoms with Crippen molar-refractivity contribution in [3.05, 3.63) is 59.3 Å². The smallest absolute Gasteiger partial charge is 0.279 e. The van der Waals surface area contributed by atoms with Crippen LogP contribution in [0.15, 0.2) is 48.1 Å². The predicted molar refractivity (Wildman–Crippen MR) is 113 cm³/mol. The van der Waals surface area contributed by atoms with E-state index in [1.165, 1.54) is 26.0 Å². The molecule has 0 radical (unpaired) electrons. The molecule has 1 aromatic carbocycles.